The maximum Gasteiger partial charge on any atom is 0.193 e. The largest absolute Gasteiger partial charge is 0.289 e. The van der Waals surface area contributed by atoms with Gasteiger partial charge in [0, 0.05) is 44.5 Å². The van der Waals surface area contributed by atoms with Crippen LogP contribution in [0.3, 0.4) is 0 Å². The molecule has 0 aromatic heterocycles. The van der Waals surface area contributed by atoms with E-state index in [-0.39, 0.29) is 23.1 Å². The minimum absolute atomic E-state index is 0.0943. The second-order valence-electron chi connectivity index (χ2n) is 13.0. The third-order valence-corrected chi connectivity index (χ3v) is 8.46. The molecular weight excluding hydrogens is 617 g/mol. The molecule has 4 heteroatoms. The van der Waals surface area contributed by atoms with Gasteiger partial charge in [-0.2, -0.15) is 0 Å². The van der Waals surface area contributed by atoms with Gasteiger partial charge in [0.2, 0.25) is 0 Å². The molecule has 0 aliphatic rings. The van der Waals surface area contributed by atoms with Crippen LogP contribution in [0.15, 0.2) is 133 Å². The molecule has 0 spiro atoms. The molecule has 6 aromatic carbocycles. The molecule has 6 rings (SSSR count). The van der Waals surface area contributed by atoms with Crippen LogP contribution >= 0.6 is 0 Å². The molecule has 248 valence electrons. The molecule has 0 saturated carbocycles. The molecule has 0 atom stereocenters. The summed E-state index contributed by atoms with van der Waals surface area (Å²) in [6, 6.07) is 40.2. The number of carbonyl (C=O) groups excluding carboxylic acids is 4. The standard InChI is InChI=1S/C30H24O3.C16H16O/c1-19-4-10-22(11-5-19)28(31)25-16-26(29(32)23-12-6-20(2)7-13-23)18-27(17-25)30(33)24-14-8-21(3)9-15-24;1-11-4-6-14(7-5-11)16(17)15-9-12(2)8-13(3)10-15/h4-18H,1-3H3;4-10H,1-3H3. The molecule has 0 heterocycles. The number of hydrogen-bond donors (Lipinski definition) is 0. The van der Waals surface area contributed by atoms with Crippen LogP contribution in [0, 0.1) is 41.5 Å². The first-order valence-electron chi connectivity index (χ1n) is 16.6. The quantitative estimate of drug-likeness (QED) is 0.153. The van der Waals surface area contributed by atoms with Crippen molar-refractivity contribution in [3.63, 3.8) is 0 Å². The second-order valence-corrected chi connectivity index (χ2v) is 13.0. The SMILES string of the molecule is Cc1ccc(C(=O)c2cc(C(=O)c3ccc(C)cc3)cc(C(=O)c3ccc(C)cc3)c2)cc1.Cc1ccc(C(=O)c2cc(C)cc(C)c2)cc1. The zero-order valence-electron chi connectivity index (χ0n) is 29.3. The van der Waals surface area contributed by atoms with E-state index in [0.717, 1.165) is 38.9 Å². The summed E-state index contributed by atoms with van der Waals surface area (Å²) in [5, 5.41) is 0. The van der Waals surface area contributed by atoms with Gasteiger partial charge in [0.25, 0.3) is 0 Å². The fourth-order valence-electron chi connectivity index (χ4n) is 5.61. The first-order chi connectivity index (χ1) is 23.9. The highest BCUT2D eigenvalue weighted by Crippen LogP contribution is 2.22. The van der Waals surface area contributed by atoms with E-state index in [9.17, 15) is 19.2 Å². The molecule has 0 aliphatic carbocycles. The number of ketones is 4. The van der Waals surface area contributed by atoms with Crippen LogP contribution in [0.1, 0.15) is 97.1 Å². The fraction of sp³-hybridized carbons (Fsp3) is 0.130. The fourth-order valence-corrected chi connectivity index (χ4v) is 5.61. The third kappa shape index (κ3) is 8.72. The van der Waals surface area contributed by atoms with Crippen LogP contribution in [0.2, 0.25) is 0 Å². The molecule has 0 saturated heterocycles. The van der Waals surface area contributed by atoms with Crippen molar-refractivity contribution in [3.05, 3.63) is 211 Å². The smallest absolute Gasteiger partial charge is 0.193 e. The summed E-state index contributed by atoms with van der Waals surface area (Å²) in [7, 11) is 0. The highest BCUT2D eigenvalue weighted by Gasteiger charge is 2.19. The van der Waals surface area contributed by atoms with Gasteiger partial charge in [-0.05, 0) is 71.9 Å². The first-order valence-corrected chi connectivity index (χ1v) is 16.6. The lowest BCUT2D eigenvalue weighted by Crippen LogP contribution is -2.10. The Morgan fingerprint density at radius 2 is 0.440 bits per heavy atom. The Hall–Kier alpha value is -6.00. The van der Waals surface area contributed by atoms with Gasteiger partial charge in [-0.3, -0.25) is 19.2 Å². The summed E-state index contributed by atoms with van der Waals surface area (Å²) in [5.41, 5.74) is 10.5. The average Bonchev–Trinajstić information content (AvgIpc) is 3.11. The third-order valence-electron chi connectivity index (χ3n) is 8.46. The van der Waals surface area contributed by atoms with Crippen LogP contribution in [0.5, 0.6) is 0 Å². The minimum atomic E-state index is -0.230. The number of hydrogen-bond acceptors (Lipinski definition) is 4. The van der Waals surface area contributed by atoms with E-state index >= 15 is 0 Å². The van der Waals surface area contributed by atoms with E-state index in [0.29, 0.717) is 33.4 Å². The number of benzene rings is 6. The van der Waals surface area contributed by atoms with Crippen molar-refractivity contribution in [2.45, 2.75) is 41.5 Å². The van der Waals surface area contributed by atoms with Gasteiger partial charge in [-0.15, -0.1) is 0 Å². The van der Waals surface area contributed by atoms with Gasteiger partial charge < -0.3 is 0 Å². The zero-order valence-corrected chi connectivity index (χ0v) is 29.3. The Morgan fingerprint density at radius 1 is 0.240 bits per heavy atom. The van der Waals surface area contributed by atoms with Crippen LogP contribution in [0.25, 0.3) is 0 Å². The predicted octanol–water partition coefficient (Wildman–Crippen LogP) is 10.1. The number of aryl methyl sites for hydroxylation is 6. The summed E-state index contributed by atoms with van der Waals surface area (Å²) < 4.78 is 0. The van der Waals surface area contributed by atoms with Gasteiger partial charge in [-0.1, -0.05) is 137 Å². The molecule has 0 unspecified atom stereocenters. The lowest BCUT2D eigenvalue weighted by atomic mass is 9.92. The van der Waals surface area contributed by atoms with Crippen molar-refractivity contribution in [3.8, 4) is 0 Å². The van der Waals surface area contributed by atoms with E-state index in [2.05, 4.69) is 6.07 Å². The van der Waals surface area contributed by atoms with Gasteiger partial charge in [-0.25, -0.2) is 0 Å². The number of rotatable bonds is 8. The van der Waals surface area contributed by atoms with E-state index < -0.39 is 0 Å². The molecule has 0 N–H and O–H groups in total. The molecule has 4 nitrogen and oxygen atoms in total. The Labute approximate surface area is 294 Å². The summed E-state index contributed by atoms with van der Waals surface area (Å²) in [5.74, 6) is -0.596. The van der Waals surface area contributed by atoms with Gasteiger partial charge in [0.15, 0.2) is 23.1 Å². The Bertz CT molecular complexity index is 1980. The second kappa shape index (κ2) is 15.5. The molecule has 0 radical (unpaired) electrons. The normalized spacial score (nSPS) is 10.5. The monoisotopic (exact) mass is 656 g/mol. The van der Waals surface area contributed by atoms with Gasteiger partial charge in [0.05, 0.1) is 0 Å². The van der Waals surface area contributed by atoms with Gasteiger partial charge in [0.1, 0.15) is 0 Å². The highest BCUT2D eigenvalue weighted by atomic mass is 16.1. The van der Waals surface area contributed by atoms with Crippen molar-refractivity contribution in [2.75, 3.05) is 0 Å². The van der Waals surface area contributed by atoms with Crippen molar-refractivity contribution in [1.82, 2.24) is 0 Å². The molecule has 0 bridgehead atoms. The molecular formula is C46H40O4. The van der Waals surface area contributed by atoms with Crippen LogP contribution in [-0.4, -0.2) is 23.1 Å². The Morgan fingerprint density at radius 3 is 0.660 bits per heavy atom. The van der Waals surface area contributed by atoms with E-state index in [1.807, 2.05) is 114 Å². The van der Waals surface area contributed by atoms with Crippen LogP contribution in [0.4, 0.5) is 0 Å². The first kappa shape index (κ1) is 35.3. The van der Waals surface area contributed by atoms with Crippen LogP contribution < -0.4 is 0 Å². The topological polar surface area (TPSA) is 68.3 Å². The van der Waals surface area contributed by atoms with Crippen molar-refractivity contribution >= 4 is 23.1 Å². The molecule has 50 heavy (non-hydrogen) atoms. The number of carbonyl (C=O) groups is 4. The van der Waals surface area contributed by atoms with Crippen molar-refractivity contribution in [1.29, 1.82) is 0 Å². The minimum Gasteiger partial charge on any atom is -0.289 e. The molecule has 0 amide bonds. The van der Waals surface area contributed by atoms with Crippen molar-refractivity contribution < 1.29 is 19.2 Å². The maximum absolute atomic E-state index is 13.2. The summed E-state index contributed by atoms with van der Waals surface area (Å²) in [6.45, 7) is 11.9. The van der Waals surface area contributed by atoms with E-state index in [4.69, 9.17) is 0 Å². The molecule has 0 aliphatic heterocycles. The van der Waals surface area contributed by atoms with Crippen LogP contribution in [-0.2, 0) is 0 Å². The van der Waals surface area contributed by atoms with E-state index in [1.54, 1.807) is 54.6 Å². The molecule has 0 fully saturated rings. The lowest BCUT2D eigenvalue weighted by Gasteiger charge is -2.10. The molecule has 6 aromatic rings. The summed E-state index contributed by atoms with van der Waals surface area (Å²) in [6.07, 6.45) is 0. The van der Waals surface area contributed by atoms with Gasteiger partial charge >= 0.3 is 0 Å². The predicted molar refractivity (Wildman–Crippen MR) is 201 cm³/mol. The van der Waals surface area contributed by atoms with Crippen molar-refractivity contribution in [2.24, 2.45) is 0 Å². The summed E-state index contributed by atoms with van der Waals surface area (Å²) >= 11 is 0. The Kier molecular flexibility index (Phi) is 10.9. The highest BCUT2D eigenvalue weighted by molar-refractivity contribution is 6.17. The summed E-state index contributed by atoms with van der Waals surface area (Å²) in [4.78, 5) is 52.0. The Balaban J connectivity index is 0.000000240. The zero-order chi connectivity index (χ0) is 35.9. The lowest BCUT2D eigenvalue weighted by molar-refractivity contribution is 0.102. The average molecular weight is 657 g/mol. The maximum atomic E-state index is 13.2. The van der Waals surface area contributed by atoms with E-state index in [1.165, 1.54) is 5.56 Å².